The Balaban J connectivity index is 1.68. The Labute approximate surface area is 99.8 Å². The van der Waals surface area contributed by atoms with Crippen molar-refractivity contribution in [1.82, 2.24) is 5.32 Å². The quantitative estimate of drug-likeness (QED) is 0.728. The van der Waals surface area contributed by atoms with Crippen LogP contribution in [0.2, 0.25) is 0 Å². The van der Waals surface area contributed by atoms with Crippen molar-refractivity contribution in [3.05, 3.63) is 0 Å². The Kier molecular flexibility index (Phi) is 4.26. The first-order chi connectivity index (χ1) is 7.76. The maximum Gasteiger partial charge on any atom is 0.0436 e. The number of rotatable bonds is 6. The van der Waals surface area contributed by atoms with E-state index in [1.54, 1.807) is 0 Å². The zero-order valence-corrected chi connectivity index (χ0v) is 10.7. The van der Waals surface area contributed by atoms with Gasteiger partial charge in [-0.15, -0.1) is 0 Å². The van der Waals surface area contributed by atoms with Crippen molar-refractivity contribution in [1.29, 1.82) is 0 Å². The molecule has 2 fully saturated rings. The molecule has 2 N–H and O–H groups in total. The van der Waals surface area contributed by atoms with Crippen molar-refractivity contribution in [2.24, 2.45) is 11.3 Å². The molecule has 16 heavy (non-hydrogen) atoms. The highest BCUT2D eigenvalue weighted by Crippen LogP contribution is 2.48. The molecule has 0 spiro atoms. The van der Waals surface area contributed by atoms with E-state index in [0.29, 0.717) is 18.1 Å². The van der Waals surface area contributed by atoms with Gasteiger partial charge in [0.15, 0.2) is 0 Å². The van der Waals surface area contributed by atoms with E-state index in [0.717, 1.165) is 18.9 Å². The second kappa shape index (κ2) is 5.50. The predicted octanol–water partition coefficient (Wildman–Crippen LogP) is 2.71. The maximum atomic E-state index is 9.03. The maximum absolute atomic E-state index is 9.03. The van der Waals surface area contributed by atoms with Crippen molar-refractivity contribution in [3.63, 3.8) is 0 Å². The fraction of sp³-hybridized carbons (Fsp3) is 1.00. The first kappa shape index (κ1) is 12.4. The van der Waals surface area contributed by atoms with Crippen molar-refractivity contribution < 1.29 is 5.11 Å². The van der Waals surface area contributed by atoms with Crippen molar-refractivity contribution in [3.8, 4) is 0 Å². The van der Waals surface area contributed by atoms with Gasteiger partial charge in [-0.05, 0) is 50.4 Å². The lowest BCUT2D eigenvalue weighted by atomic mass is 9.84. The van der Waals surface area contributed by atoms with E-state index in [4.69, 9.17) is 5.11 Å². The van der Waals surface area contributed by atoms with Gasteiger partial charge in [-0.25, -0.2) is 0 Å². The van der Waals surface area contributed by atoms with Gasteiger partial charge < -0.3 is 10.4 Å². The molecule has 0 amide bonds. The summed E-state index contributed by atoms with van der Waals surface area (Å²) in [5.74, 6) is 0.902. The summed E-state index contributed by atoms with van der Waals surface area (Å²) < 4.78 is 0. The second-order valence-electron chi connectivity index (χ2n) is 6.04. The van der Waals surface area contributed by atoms with Crippen LogP contribution < -0.4 is 5.32 Å². The summed E-state index contributed by atoms with van der Waals surface area (Å²) in [7, 11) is 0. The van der Waals surface area contributed by atoms with E-state index >= 15 is 0 Å². The van der Waals surface area contributed by atoms with E-state index in [9.17, 15) is 0 Å². The van der Waals surface area contributed by atoms with Crippen LogP contribution >= 0.6 is 0 Å². The molecule has 2 aliphatic carbocycles. The third kappa shape index (κ3) is 3.21. The number of hydrogen-bond acceptors (Lipinski definition) is 2. The summed E-state index contributed by atoms with van der Waals surface area (Å²) in [5, 5.41) is 12.8. The molecular weight excluding hydrogens is 198 g/mol. The first-order valence-electron chi connectivity index (χ1n) is 7.10. The summed E-state index contributed by atoms with van der Waals surface area (Å²) in [6.45, 7) is 3.84. The molecule has 2 saturated carbocycles. The molecule has 0 saturated heterocycles. The van der Waals surface area contributed by atoms with Crippen LogP contribution in [-0.2, 0) is 0 Å². The van der Waals surface area contributed by atoms with Gasteiger partial charge in [0.05, 0.1) is 0 Å². The van der Waals surface area contributed by atoms with Gasteiger partial charge in [-0.1, -0.05) is 19.3 Å². The van der Waals surface area contributed by atoms with Gasteiger partial charge in [0, 0.05) is 19.2 Å². The van der Waals surface area contributed by atoms with Crippen LogP contribution in [0.5, 0.6) is 0 Å². The zero-order chi connectivity index (χ0) is 11.4. The molecule has 1 atom stereocenters. The third-order valence-electron chi connectivity index (χ3n) is 4.76. The lowest BCUT2D eigenvalue weighted by molar-refractivity contribution is 0.228. The lowest BCUT2D eigenvalue weighted by Gasteiger charge is -2.29. The number of hydrogen-bond donors (Lipinski definition) is 2. The molecule has 0 aromatic heterocycles. The van der Waals surface area contributed by atoms with Crippen LogP contribution in [0.25, 0.3) is 0 Å². The van der Waals surface area contributed by atoms with Crippen molar-refractivity contribution in [2.45, 2.75) is 64.3 Å². The van der Waals surface area contributed by atoms with Crippen molar-refractivity contribution in [2.75, 3.05) is 13.2 Å². The molecule has 0 radical (unpaired) electrons. The Bertz CT molecular complexity index is 207. The molecule has 2 aliphatic rings. The van der Waals surface area contributed by atoms with E-state index in [1.165, 1.54) is 44.9 Å². The van der Waals surface area contributed by atoms with Crippen LogP contribution in [0.1, 0.15) is 58.3 Å². The number of aliphatic hydroxyl groups excluding tert-OH is 1. The average Bonchev–Trinajstić information content (AvgIpc) is 3.08. The van der Waals surface area contributed by atoms with Crippen LogP contribution in [0.3, 0.4) is 0 Å². The summed E-state index contributed by atoms with van der Waals surface area (Å²) in [6, 6.07) is 0.677. The monoisotopic (exact) mass is 225 g/mol. The molecule has 0 aliphatic heterocycles. The highest BCUT2D eigenvalue weighted by Gasteiger charge is 2.41. The average molecular weight is 225 g/mol. The fourth-order valence-electron chi connectivity index (χ4n) is 3.11. The highest BCUT2D eigenvalue weighted by molar-refractivity contribution is 4.95. The zero-order valence-electron chi connectivity index (χ0n) is 10.7. The minimum absolute atomic E-state index is 0.361. The minimum atomic E-state index is 0.361. The SMILES string of the molecule is CC(NCC1(CCO)CC1)C1CCCCC1. The van der Waals surface area contributed by atoms with Gasteiger partial charge in [0.2, 0.25) is 0 Å². The fourth-order valence-corrected chi connectivity index (χ4v) is 3.11. The Hall–Kier alpha value is -0.0800. The molecule has 2 nitrogen and oxygen atoms in total. The Morgan fingerprint density at radius 3 is 2.50 bits per heavy atom. The van der Waals surface area contributed by atoms with E-state index in [1.807, 2.05) is 0 Å². The predicted molar refractivity (Wildman–Crippen MR) is 67.4 cm³/mol. The van der Waals surface area contributed by atoms with Crippen LogP contribution in [0.15, 0.2) is 0 Å². The third-order valence-corrected chi connectivity index (χ3v) is 4.76. The van der Waals surface area contributed by atoms with Crippen LogP contribution in [0.4, 0.5) is 0 Å². The summed E-state index contributed by atoms with van der Waals surface area (Å²) in [5.41, 5.74) is 0.470. The molecule has 94 valence electrons. The largest absolute Gasteiger partial charge is 0.396 e. The van der Waals surface area contributed by atoms with Crippen molar-refractivity contribution >= 4 is 0 Å². The highest BCUT2D eigenvalue weighted by atomic mass is 16.3. The van der Waals surface area contributed by atoms with Crippen LogP contribution in [0, 0.1) is 11.3 Å². The molecule has 2 heteroatoms. The minimum Gasteiger partial charge on any atom is -0.396 e. The summed E-state index contributed by atoms with van der Waals surface area (Å²) in [4.78, 5) is 0. The molecule has 1 unspecified atom stereocenters. The molecule has 0 bridgehead atoms. The topological polar surface area (TPSA) is 32.3 Å². The number of aliphatic hydroxyl groups is 1. The normalized spacial score (nSPS) is 26.6. The molecule has 0 heterocycles. The molecule has 2 rings (SSSR count). The van der Waals surface area contributed by atoms with Crippen LogP contribution in [-0.4, -0.2) is 24.3 Å². The summed E-state index contributed by atoms with van der Waals surface area (Å²) in [6.07, 6.45) is 10.8. The van der Waals surface area contributed by atoms with E-state index < -0.39 is 0 Å². The Morgan fingerprint density at radius 1 is 1.25 bits per heavy atom. The molecule has 0 aromatic carbocycles. The van der Waals surface area contributed by atoms with Gasteiger partial charge in [-0.3, -0.25) is 0 Å². The van der Waals surface area contributed by atoms with Gasteiger partial charge in [-0.2, -0.15) is 0 Å². The van der Waals surface area contributed by atoms with E-state index in [-0.39, 0.29) is 0 Å². The standard InChI is InChI=1S/C14H27NO/c1-12(13-5-3-2-4-6-13)15-11-14(7-8-14)9-10-16/h12-13,15-16H,2-11H2,1H3. The summed E-state index contributed by atoms with van der Waals surface area (Å²) >= 11 is 0. The van der Waals surface area contributed by atoms with Gasteiger partial charge in [0.1, 0.15) is 0 Å². The Morgan fingerprint density at radius 2 is 1.94 bits per heavy atom. The lowest BCUT2D eigenvalue weighted by Crippen LogP contribution is -2.38. The van der Waals surface area contributed by atoms with E-state index in [2.05, 4.69) is 12.2 Å². The second-order valence-corrected chi connectivity index (χ2v) is 6.04. The van der Waals surface area contributed by atoms with Gasteiger partial charge in [0.25, 0.3) is 0 Å². The van der Waals surface area contributed by atoms with Gasteiger partial charge >= 0.3 is 0 Å². The molecule has 0 aromatic rings. The first-order valence-corrected chi connectivity index (χ1v) is 7.10. The smallest absolute Gasteiger partial charge is 0.0436 e. The molecular formula is C14H27NO. The number of nitrogens with one attached hydrogen (secondary N) is 1.